The fraction of sp³-hybridized carbons (Fsp3) is 0.700. The van der Waals surface area contributed by atoms with E-state index in [-0.39, 0.29) is 5.92 Å². The fourth-order valence-electron chi connectivity index (χ4n) is 4.03. The quantitative estimate of drug-likeness (QED) is 0.705. The first-order valence-electron chi connectivity index (χ1n) is 8.66. The molecule has 0 radical (unpaired) electrons. The van der Waals surface area contributed by atoms with Crippen LogP contribution in [0.1, 0.15) is 60.3 Å². The Kier molecular flexibility index (Phi) is 5.34. The predicted octanol–water partition coefficient (Wildman–Crippen LogP) is 4.39. The summed E-state index contributed by atoms with van der Waals surface area (Å²) < 4.78 is 0. The molecule has 0 aromatic rings. The van der Waals surface area contributed by atoms with E-state index in [1.807, 2.05) is 6.92 Å². The lowest BCUT2D eigenvalue weighted by molar-refractivity contribution is 0.0320. The third-order valence-electron chi connectivity index (χ3n) is 5.54. The molecule has 2 aliphatic rings. The highest BCUT2D eigenvalue weighted by atomic mass is 16.3. The van der Waals surface area contributed by atoms with Gasteiger partial charge in [-0.05, 0) is 63.9 Å². The van der Waals surface area contributed by atoms with Gasteiger partial charge in [0.05, 0.1) is 11.7 Å². The zero-order valence-corrected chi connectivity index (χ0v) is 14.8. The second kappa shape index (κ2) is 6.72. The summed E-state index contributed by atoms with van der Waals surface area (Å²) >= 11 is 0. The molecule has 0 saturated heterocycles. The Hall–Kier alpha value is -0.860. The number of aliphatic hydroxyl groups is 2. The highest BCUT2D eigenvalue weighted by Crippen LogP contribution is 2.46. The van der Waals surface area contributed by atoms with Crippen LogP contribution in [0.2, 0.25) is 0 Å². The van der Waals surface area contributed by atoms with Crippen molar-refractivity contribution in [2.45, 2.75) is 72.0 Å². The van der Waals surface area contributed by atoms with Crippen LogP contribution < -0.4 is 0 Å². The molecule has 0 unspecified atom stereocenters. The van der Waals surface area contributed by atoms with Crippen LogP contribution in [0.4, 0.5) is 0 Å². The van der Waals surface area contributed by atoms with E-state index in [0.717, 1.165) is 24.8 Å². The number of fused-ring (bicyclic) bond motifs is 1. The molecule has 1 fully saturated rings. The van der Waals surface area contributed by atoms with E-state index < -0.39 is 11.7 Å². The van der Waals surface area contributed by atoms with E-state index in [1.54, 1.807) is 0 Å². The van der Waals surface area contributed by atoms with E-state index >= 15 is 0 Å². The largest absolute Gasteiger partial charge is 0.390 e. The first-order chi connectivity index (χ1) is 10.2. The topological polar surface area (TPSA) is 40.5 Å². The lowest BCUT2D eigenvalue weighted by atomic mass is 9.79. The normalized spacial score (nSPS) is 44.2. The SMILES string of the molecule is C/C1=C/C/C=C(\C)C[C@H](O)/C(C(C)C)=C/[C@H]2[C@H]1CC[C@]2(C)O. The Morgan fingerprint density at radius 1 is 1.23 bits per heavy atom. The lowest BCUT2D eigenvalue weighted by Crippen LogP contribution is -2.32. The van der Waals surface area contributed by atoms with Gasteiger partial charge in [0, 0.05) is 5.92 Å². The van der Waals surface area contributed by atoms with Gasteiger partial charge in [-0.15, -0.1) is 0 Å². The average molecular weight is 304 g/mol. The molecule has 2 nitrogen and oxygen atoms in total. The van der Waals surface area contributed by atoms with E-state index in [4.69, 9.17) is 0 Å². The highest BCUT2D eigenvalue weighted by Gasteiger charge is 2.43. The molecule has 0 spiro atoms. The summed E-state index contributed by atoms with van der Waals surface area (Å²) in [6, 6.07) is 0. The second-order valence-corrected chi connectivity index (χ2v) is 7.80. The Balaban J connectivity index is 2.48. The van der Waals surface area contributed by atoms with Crippen LogP contribution in [0.3, 0.4) is 0 Å². The van der Waals surface area contributed by atoms with Gasteiger partial charge in [0.25, 0.3) is 0 Å². The van der Waals surface area contributed by atoms with Crippen molar-refractivity contribution in [3.05, 3.63) is 34.9 Å². The summed E-state index contributed by atoms with van der Waals surface area (Å²) in [7, 11) is 0. The molecule has 124 valence electrons. The molecule has 0 aromatic carbocycles. The zero-order valence-electron chi connectivity index (χ0n) is 14.8. The molecular formula is C20H32O2. The Morgan fingerprint density at radius 2 is 1.91 bits per heavy atom. The molecule has 0 heterocycles. The van der Waals surface area contributed by atoms with Crippen molar-refractivity contribution in [3.8, 4) is 0 Å². The van der Waals surface area contributed by atoms with Crippen LogP contribution in [0, 0.1) is 17.8 Å². The van der Waals surface area contributed by atoms with Crippen LogP contribution in [0.5, 0.6) is 0 Å². The van der Waals surface area contributed by atoms with E-state index in [2.05, 4.69) is 45.9 Å². The van der Waals surface area contributed by atoms with Crippen LogP contribution >= 0.6 is 0 Å². The van der Waals surface area contributed by atoms with Crippen LogP contribution in [-0.2, 0) is 0 Å². The van der Waals surface area contributed by atoms with Crippen molar-refractivity contribution >= 4 is 0 Å². The Morgan fingerprint density at radius 3 is 2.55 bits per heavy atom. The number of aliphatic hydroxyl groups excluding tert-OH is 1. The van der Waals surface area contributed by atoms with Crippen LogP contribution in [0.15, 0.2) is 34.9 Å². The zero-order chi connectivity index (χ0) is 16.5. The molecule has 4 atom stereocenters. The van der Waals surface area contributed by atoms with Gasteiger partial charge in [-0.25, -0.2) is 0 Å². The van der Waals surface area contributed by atoms with Gasteiger partial charge in [-0.2, -0.15) is 0 Å². The van der Waals surface area contributed by atoms with Gasteiger partial charge in [-0.3, -0.25) is 0 Å². The predicted molar refractivity (Wildman–Crippen MR) is 92.5 cm³/mol. The fourth-order valence-corrected chi connectivity index (χ4v) is 4.03. The highest BCUT2D eigenvalue weighted by molar-refractivity contribution is 5.24. The summed E-state index contributed by atoms with van der Waals surface area (Å²) in [4.78, 5) is 0. The van der Waals surface area contributed by atoms with Gasteiger partial charge < -0.3 is 10.2 Å². The average Bonchev–Trinajstić information content (AvgIpc) is 2.68. The Labute approximate surface area is 135 Å². The monoisotopic (exact) mass is 304 g/mol. The molecule has 0 bridgehead atoms. The van der Waals surface area contributed by atoms with Crippen molar-refractivity contribution in [1.82, 2.24) is 0 Å². The van der Waals surface area contributed by atoms with Crippen LogP contribution in [-0.4, -0.2) is 21.9 Å². The lowest BCUT2D eigenvalue weighted by Gasteiger charge is -2.30. The van der Waals surface area contributed by atoms with Crippen molar-refractivity contribution in [2.75, 3.05) is 0 Å². The van der Waals surface area contributed by atoms with Crippen LogP contribution in [0.25, 0.3) is 0 Å². The minimum absolute atomic E-state index is 0.106. The van der Waals surface area contributed by atoms with E-state index in [0.29, 0.717) is 18.3 Å². The molecule has 0 amide bonds. The number of hydrogen-bond acceptors (Lipinski definition) is 2. The number of hydrogen-bond donors (Lipinski definition) is 2. The van der Waals surface area contributed by atoms with Gasteiger partial charge in [0.2, 0.25) is 0 Å². The summed E-state index contributed by atoms with van der Waals surface area (Å²) in [6.07, 6.45) is 9.75. The summed E-state index contributed by atoms with van der Waals surface area (Å²) in [5.74, 6) is 0.793. The van der Waals surface area contributed by atoms with Gasteiger partial charge in [-0.1, -0.05) is 43.2 Å². The summed E-state index contributed by atoms with van der Waals surface area (Å²) in [5.41, 5.74) is 3.03. The smallest absolute Gasteiger partial charge is 0.0789 e. The van der Waals surface area contributed by atoms with Crippen molar-refractivity contribution in [2.24, 2.45) is 17.8 Å². The maximum Gasteiger partial charge on any atom is 0.0789 e. The van der Waals surface area contributed by atoms with Gasteiger partial charge in [0.15, 0.2) is 0 Å². The second-order valence-electron chi connectivity index (χ2n) is 7.80. The molecule has 2 rings (SSSR count). The molecule has 0 aliphatic heterocycles. The summed E-state index contributed by atoms with van der Waals surface area (Å²) in [6.45, 7) is 10.5. The number of allylic oxidation sites excluding steroid dienone is 3. The summed E-state index contributed by atoms with van der Waals surface area (Å²) in [5, 5.41) is 21.5. The maximum atomic E-state index is 10.8. The third-order valence-corrected chi connectivity index (χ3v) is 5.54. The molecule has 2 aliphatic carbocycles. The molecular weight excluding hydrogens is 272 g/mol. The maximum absolute atomic E-state index is 10.8. The number of rotatable bonds is 1. The minimum Gasteiger partial charge on any atom is -0.390 e. The standard InChI is InChI=1S/C20H32O2/c1-13(2)17-12-18-16(9-10-20(18,5)22)15(4)8-6-7-14(3)11-19(17)21/h7-8,12-13,16,18-19,21-22H,6,9-11H2,1-5H3/b14-7+,15-8-,17-12+/t16-,18-,19-,20-/m0/s1. The minimum atomic E-state index is -0.670. The van der Waals surface area contributed by atoms with E-state index in [9.17, 15) is 10.2 Å². The molecule has 22 heavy (non-hydrogen) atoms. The Bertz CT molecular complexity index is 494. The van der Waals surface area contributed by atoms with Crippen molar-refractivity contribution in [3.63, 3.8) is 0 Å². The molecule has 0 aromatic heterocycles. The van der Waals surface area contributed by atoms with Crippen molar-refractivity contribution < 1.29 is 10.2 Å². The molecule has 2 heteroatoms. The molecule has 2 N–H and O–H groups in total. The molecule has 1 saturated carbocycles. The van der Waals surface area contributed by atoms with Crippen molar-refractivity contribution in [1.29, 1.82) is 0 Å². The van der Waals surface area contributed by atoms with Gasteiger partial charge in [0.1, 0.15) is 0 Å². The third kappa shape index (κ3) is 3.72. The van der Waals surface area contributed by atoms with Gasteiger partial charge >= 0.3 is 0 Å². The van der Waals surface area contributed by atoms with E-state index in [1.165, 1.54) is 11.1 Å². The first kappa shape index (κ1) is 17.5. The first-order valence-corrected chi connectivity index (χ1v) is 8.66.